The second kappa shape index (κ2) is 12.7. The largest absolute Gasteiger partial charge is 0.457 e. The van der Waals surface area contributed by atoms with E-state index in [1.807, 2.05) is 27.7 Å². The molecule has 2 N–H and O–H groups in total. The molecule has 0 radical (unpaired) electrons. The van der Waals surface area contributed by atoms with Crippen LogP contribution in [0.2, 0.25) is 0 Å². The smallest absolute Gasteiger partial charge is 0.408 e. The van der Waals surface area contributed by atoms with Crippen molar-refractivity contribution in [1.29, 1.82) is 0 Å². The minimum Gasteiger partial charge on any atom is -0.457 e. The zero-order chi connectivity index (χ0) is 28.1. The molecule has 1 amide bonds. The molecule has 1 saturated carbocycles. The van der Waals surface area contributed by atoms with Crippen LogP contribution in [-0.2, 0) is 23.7 Å². The summed E-state index contributed by atoms with van der Waals surface area (Å²) >= 11 is 0. The van der Waals surface area contributed by atoms with Crippen LogP contribution in [0.4, 0.5) is 4.79 Å². The van der Waals surface area contributed by atoms with Crippen molar-refractivity contribution < 1.29 is 33.6 Å². The van der Waals surface area contributed by atoms with Gasteiger partial charge >= 0.3 is 12.1 Å². The SMILES string of the molecule is CC(=O)OC1[C@@H](O)[C@H](O[C@H]2OC(C(C)C)[C@@H](C)[C@H](C)C2N=[N+]=[N-])C(N=[N+]=[N-])C[C@H]1NC(=O)OC(C)(C)C. The number of hydrogen-bond donors (Lipinski definition) is 2. The van der Waals surface area contributed by atoms with Gasteiger partial charge in [0, 0.05) is 16.7 Å². The summed E-state index contributed by atoms with van der Waals surface area (Å²) in [5.41, 5.74) is 17.6. The monoisotopic (exact) mass is 525 g/mol. The summed E-state index contributed by atoms with van der Waals surface area (Å²) in [6.07, 6.45) is -6.04. The molecule has 208 valence electrons. The highest BCUT2D eigenvalue weighted by Crippen LogP contribution is 2.38. The van der Waals surface area contributed by atoms with Crippen LogP contribution < -0.4 is 5.32 Å². The zero-order valence-electron chi connectivity index (χ0n) is 22.6. The summed E-state index contributed by atoms with van der Waals surface area (Å²) in [7, 11) is 0. The lowest BCUT2D eigenvalue weighted by Crippen LogP contribution is -2.64. The molecule has 0 aromatic heterocycles. The van der Waals surface area contributed by atoms with Gasteiger partial charge in [-0.1, -0.05) is 37.9 Å². The van der Waals surface area contributed by atoms with Crippen molar-refractivity contribution in [2.24, 2.45) is 28.0 Å². The molecule has 1 aliphatic carbocycles. The molecule has 14 nitrogen and oxygen atoms in total. The number of nitrogens with zero attached hydrogens (tertiary/aromatic N) is 6. The second-order valence-corrected chi connectivity index (χ2v) is 11.1. The van der Waals surface area contributed by atoms with E-state index in [-0.39, 0.29) is 30.3 Å². The Morgan fingerprint density at radius 2 is 1.73 bits per heavy atom. The Hall–Kier alpha value is -2.76. The number of nitrogens with one attached hydrogen (secondary N) is 1. The maximum absolute atomic E-state index is 12.5. The van der Waals surface area contributed by atoms with Gasteiger partial charge in [-0.25, -0.2) is 4.79 Å². The molecule has 2 rings (SSSR count). The van der Waals surface area contributed by atoms with Crippen LogP contribution in [0.15, 0.2) is 10.2 Å². The van der Waals surface area contributed by atoms with Crippen molar-refractivity contribution >= 4 is 12.1 Å². The molecule has 10 atom stereocenters. The number of amides is 1. The highest BCUT2D eigenvalue weighted by Gasteiger charge is 2.51. The molecule has 0 bridgehead atoms. The molecule has 4 unspecified atom stereocenters. The van der Waals surface area contributed by atoms with Crippen LogP contribution in [0.1, 0.15) is 61.8 Å². The number of carbonyl (C=O) groups is 2. The molecule has 0 aromatic carbocycles. The summed E-state index contributed by atoms with van der Waals surface area (Å²) < 4.78 is 23.1. The first-order valence-electron chi connectivity index (χ1n) is 12.4. The van der Waals surface area contributed by atoms with Crippen molar-refractivity contribution in [3.63, 3.8) is 0 Å². The van der Waals surface area contributed by atoms with E-state index in [9.17, 15) is 25.8 Å². The third-order valence-corrected chi connectivity index (χ3v) is 6.74. The second-order valence-electron chi connectivity index (χ2n) is 11.1. The first kappa shape index (κ1) is 30.5. The fourth-order valence-electron chi connectivity index (χ4n) is 4.94. The standard InChI is InChI=1S/C23H39N7O7/c1-10(2)18-12(4)11(3)16(28-30-25)21(35-18)36-20-15(27-29-24)9-14(19(17(20)32)34-13(5)31)26-22(33)37-23(6,7)8/h10-12,14-21,32H,9H2,1-8H3,(H,26,33)/t11-,12-,14+,15?,16?,17+,18?,19?,20+,21+/m0/s1. The molecular weight excluding hydrogens is 486 g/mol. The highest BCUT2D eigenvalue weighted by molar-refractivity contribution is 5.69. The maximum atomic E-state index is 12.5. The van der Waals surface area contributed by atoms with Gasteiger partial charge in [0.2, 0.25) is 0 Å². The molecule has 1 aliphatic heterocycles. The van der Waals surface area contributed by atoms with E-state index >= 15 is 0 Å². The number of esters is 1. The van der Waals surface area contributed by atoms with Crippen molar-refractivity contribution in [2.75, 3.05) is 0 Å². The lowest BCUT2D eigenvalue weighted by molar-refractivity contribution is -0.278. The number of ether oxygens (including phenoxy) is 4. The van der Waals surface area contributed by atoms with Gasteiger partial charge in [0.1, 0.15) is 11.7 Å². The number of azide groups is 2. The van der Waals surface area contributed by atoms with Gasteiger partial charge < -0.3 is 29.4 Å². The predicted molar refractivity (Wildman–Crippen MR) is 132 cm³/mol. The van der Waals surface area contributed by atoms with Crippen molar-refractivity contribution in [1.82, 2.24) is 5.32 Å². The first-order chi connectivity index (χ1) is 17.2. The van der Waals surface area contributed by atoms with Crippen LogP contribution in [-0.4, -0.2) is 71.6 Å². The Morgan fingerprint density at radius 1 is 1.11 bits per heavy atom. The van der Waals surface area contributed by atoms with Gasteiger partial charge in [-0.3, -0.25) is 4.79 Å². The minimum atomic E-state index is -1.52. The van der Waals surface area contributed by atoms with Gasteiger partial charge in [0.15, 0.2) is 12.4 Å². The highest BCUT2D eigenvalue weighted by atomic mass is 16.7. The number of alkyl carbamates (subject to hydrolysis) is 1. The Bertz CT molecular complexity index is 914. The van der Waals surface area contributed by atoms with Crippen LogP contribution in [0.3, 0.4) is 0 Å². The number of carbonyl (C=O) groups excluding carboxylic acids is 2. The fourth-order valence-corrected chi connectivity index (χ4v) is 4.94. The number of rotatable bonds is 7. The summed E-state index contributed by atoms with van der Waals surface area (Å²) in [6, 6.07) is -2.64. The van der Waals surface area contributed by atoms with E-state index in [1.54, 1.807) is 20.8 Å². The van der Waals surface area contributed by atoms with E-state index in [0.717, 1.165) is 0 Å². The average molecular weight is 526 g/mol. The molecule has 0 spiro atoms. The number of aliphatic hydroxyl groups is 1. The van der Waals surface area contributed by atoms with Gasteiger partial charge in [0.05, 0.1) is 30.3 Å². The molecule has 0 aromatic rings. The van der Waals surface area contributed by atoms with Gasteiger partial charge in [-0.15, -0.1) is 0 Å². The molecule has 2 fully saturated rings. The Labute approximate surface area is 216 Å². The van der Waals surface area contributed by atoms with Crippen LogP contribution >= 0.6 is 0 Å². The van der Waals surface area contributed by atoms with Crippen LogP contribution in [0.5, 0.6) is 0 Å². The number of aliphatic hydroxyl groups excluding tert-OH is 1. The Morgan fingerprint density at radius 3 is 2.24 bits per heavy atom. The third-order valence-electron chi connectivity index (χ3n) is 6.74. The van der Waals surface area contributed by atoms with Crippen LogP contribution in [0.25, 0.3) is 20.9 Å². The Balaban J connectivity index is 2.39. The lowest BCUT2D eigenvalue weighted by atomic mass is 9.78. The van der Waals surface area contributed by atoms with E-state index in [1.165, 1.54) is 6.92 Å². The van der Waals surface area contributed by atoms with Crippen molar-refractivity contribution in [3.05, 3.63) is 20.9 Å². The Kier molecular flexibility index (Phi) is 10.4. The maximum Gasteiger partial charge on any atom is 0.408 e. The molecule has 14 heteroatoms. The average Bonchev–Trinajstić information content (AvgIpc) is 2.76. The van der Waals surface area contributed by atoms with E-state index in [2.05, 4.69) is 25.4 Å². The van der Waals surface area contributed by atoms with Crippen LogP contribution in [0, 0.1) is 17.8 Å². The molecular formula is C23H39N7O7. The van der Waals surface area contributed by atoms with Crippen molar-refractivity contribution in [2.45, 2.75) is 116 Å². The predicted octanol–water partition coefficient (Wildman–Crippen LogP) is 3.97. The molecule has 1 saturated heterocycles. The summed E-state index contributed by atoms with van der Waals surface area (Å²) in [6.45, 7) is 14.2. The van der Waals surface area contributed by atoms with E-state index in [0.29, 0.717) is 0 Å². The zero-order valence-corrected chi connectivity index (χ0v) is 22.6. The summed E-state index contributed by atoms with van der Waals surface area (Å²) in [5, 5.41) is 21.6. The van der Waals surface area contributed by atoms with Gasteiger partial charge in [0.25, 0.3) is 0 Å². The van der Waals surface area contributed by atoms with Crippen molar-refractivity contribution in [3.8, 4) is 0 Å². The minimum absolute atomic E-state index is 0.0263. The fraction of sp³-hybridized carbons (Fsp3) is 0.913. The van der Waals surface area contributed by atoms with E-state index < -0.39 is 60.4 Å². The first-order valence-corrected chi connectivity index (χ1v) is 12.4. The summed E-state index contributed by atoms with van der Waals surface area (Å²) in [5.74, 6) is -0.637. The van der Waals surface area contributed by atoms with E-state index in [4.69, 9.17) is 18.9 Å². The number of hydrogen-bond acceptors (Lipinski definition) is 9. The van der Waals surface area contributed by atoms with Gasteiger partial charge in [-0.05, 0) is 56.0 Å². The molecule has 37 heavy (non-hydrogen) atoms. The quantitative estimate of drug-likeness (QED) is 0.216. The topological polar surface area (TPSA) is 201 Å². The lowest BCUT2D eigenvalue weighted by Gasteiger charge is -2.48. The normalized spacial score (nSPS) is 36.1. The molecule has 1 heterocycles. The third kappa shape index (κ3) is 7.86. The molecule has 2 aliphatic rings. The summed E-state index contributed by atoms with van der Waals surface area (Å²) in [4.78, 5) is 30.2. The van der Waals surface area contributed by atoms with Gasteiger partial charge in [-0.2, -0.15) is 0 Å².